The SMILES string of the molecule is COc1ccc(Nc2cc(C(=O)Nc3cc(C)c(Cl)cc3OC)ncn2)cc1. The molecule has 0 aliphatic heterocycles. The second kappa shape index (κ2) is 8.58. The number of amides is 1. The molecule has 0 bridgehead atoms. The fourth-order valence-corrected chi connectivity index (χ4v) is 2.64. The molecule has 0 spiro atoms. The number of aryl methyl sites for hydroxylation is 1. The Kier molecular flexibility index (Phi) is 5.96. The molecule has 7 nitrogen and oxygen atoms in total. The lowest BCUT2D eigenvalue weighted by Crippen LogP contribution is -2.15. The molecule has 144 valence electrons. The predicted octanol–water partition coefficient (Wildman–Crippen LogP) is 4.45. The fourth-order valence-electron chi connectivity index (χ4n) is 2.49. The van der Waals surface area contributed by atoms with Gasteiger partial charge < -0.3 is 20.1 Å². The van der Waals surface area contributed by atoms with Crippen LogP contribution in [0.5, 0.6) is 11.5 Å². The minimum Gasteiger partial charge on any atom is -0.497 e. The van der Waals surface area contributed by atoms with Gasteiger partial charge in [-0.3, -0.25) is 4.79 Å². The molecule has 8 heteroatoms. The van der Waals surface area contributed by atoms with Crippen molar-refractivity contribution in [2.75, 3.05) is 24.9 Å². The molecule has 2 aromatic carbocycles. The number of rotatable bonds is 6. The molecule has 0 unspecified atom stereocenters. The molecular weight excluding hydrogens is 380 g/mol. The first-order valence-corrected chi connectivity index (χ1v) is 8.76. The van der Waals surface area contributed by atoms with E-state index in [1.165, 1.54) is 13.4 Å². The van der Waals surface area contributed by atoms with E-state index in [0.29, 0.717) is 22.3 Å². The van der Waals surface area contributed by atoms with Gasteiger partial charge in [0.2, 0.25) is 0 Å². The second-order valence-electron chi connectivity index (χ2n) is 5.90. The van der Waals surface area contributed by atoms with Crippen LogP contribution in [-0.2, 0) is 0 Å². The molecule has 0 saturated carbocycles. The number of hydrogen-bond donors (Lipinski definition) is 2. The maximum Gasteiger partial charge on any atom is 0.274 e. The van der Waals surface area contributed by atoms with Gasteiger partial charge in [-0.05, 0) is 42.8 Å². The fraction of sp³-hybridized carbons (Fsp3) is 0.150. The summed E-state index contributed by atoms with van der Waals surface area (Å²) in [6.45, 7) is 1.85. The average Bonchev–Trinajstić information content (AvgIpc) is 2.71. The number of nitrogens with one attached hydrogen (secondary N) is 2. The number of anilines is 3. The molecule has 2 N–H and O–H groups in total. The van der Waals surface area contributed by atoms with Crippen molar-refractivity contribution in [3.63, 3.8) is 0 Å². The Bertz CT molecular complexity index is 993. The Morgan fingerprint density at radius 1 is 1.04 bits per heavy atom. The normalized spacial score (nSPS) is 10.3. The second-order valence-corrected chi connectivity index (χ2v) is 6.30. The lowest BCUT2D eigenvalue weighted by molar-refractivity contribution is 0.102. The summed E-state index contributed by atoms with van der Waals surface area (Å²) in [6.07, 6.45) is 1.32. The largest absolute Gasteiger partial charge is 0.497 e. The molecule has 28 heavy (non-hydrogen) atoms. The van der Waals surface area contributed by atoms with Gasteiger partial charge in [0.05, 0.1) is 19.9 Å². The van der Waals surface area contributed by atoms with E-state index in [9.17, 15) is 4.79 Å². The van der Waals surface area contributed by atoms with Crippen LogP contribution >= 0.6 is 11.6 Å². The van der Waals surface area contributed by atoms with E-state index in [1.54, 1.807) is 25.3 Å². The van der Waals surface area contributed by atoms with Gasteiger partial charge in [-0.2, -0.15) is 0 Å². The molecule has 1 amide bonds. The molecule has 1 heterocycles. The first kappa shape index (κ1) is 19.4. The number of hydrogen-bond acceptors (Lipinski definition) is 6. The highest BCUT2D eigenvalue weighted by molar-refractivity contribution is 6.31. The van der Waals surface area contributed by atoms with Crippen LogP contribution in [0.4, 0.5) is 17.2 Å². The Morgan fingerprint density at radius 3 is 2.46 bits per heavy atom. The number of methoxy groups -OCH3 is 2. The average molecular weight is 399 g/mol. The van der Waals surface area contributed by atoms with Crippen molar-refractivity contribution in [1.82, 2.24) is 9.97 Å². The monoisotopic (exact) mass is 398 g/mol. The van der Waals surface area contributed by atoms with Gasteiger partial charge in [0.25, 0.3) is 5.91 Å². The smallest absolute Gasteiger partial charge is 0.274 e. The van der Waals surface area contributed by atoms with Crippen molar-refractivity contribution in [2.24, 2.45) is 0 Å². The maximum atomic E-state index is 12.6. The third kappa shape index (κ3) is 4.50. The molecule has 1 aromatic heterocycles. The van der Waals surface area contributed by atoms with Crippen LogP contribution in [-0.4, -0.2) is 30.1 Å². The zero-order valence-corrected chi connectivity index (χ0v) is 16.4. The van der Waals surface area contributed by atoms with E-state index in [1.807, 2.05) is 31.2 Å². The highest BCUT2D eigenvalue weighted by atomic mass is 35.5. The first-order chi connectivity index (χ1) is 13.5. The van der Waals surface area contributed by atoms with Crippen LogP contribution in [0.1, 0.15) is 16.1 Å². The lowest BCUT2D eigenvalue weighted by atomic mass is 10.2. The molecular formula is C20H19ClN4O3. The van der Waals surface area contributed by atoms with Crippen molar-refractivity contribution in [1.29, 1.82) is 0 Å². The Hall–Kier alpha value is -3.32. The molecule has 0 radical (unpaired) electrons. The quantitative estimate of drug-likeness (QED) is 0.638. The van der Waals surface area contributed by atoms with E-state index < -0.39 is 0 Å². The van der Waals surface area contributed by atoms with Crippen LogP contribution in [0.2, 0.25) is 5.02 Å². The summed E-state index contributed by atoms with van der Waals surface area (Å²) in [7, 11) is 3.12. The number of nitrogens with zero attached hydrogens (tertiary/aromatic N) is 2. The van der Waals surface area contributed by atoms with Gasteiger partial charge in [0, 0.05) is 22.8 Å². The van der Waals surface area contributed by atoms with Crippen molar-refractivity contribution < 1.29 is 14.3 Å². The Balaban J connectivity index is 1.78. The number of ether oxygens (including phenoxy) is 2. The molecule has 3 aromatic rings. The van der Waals surface area contributed by atoms with Crippen LogP contribution < -0.4 is 20.1 Å². The van der Waals surface area contributed by atoms with Gasteiger partial charge in [0.15, 0.2) is 0 Å². The summed E-state index contributed by atoms with van der Waals surface area (Å²) in [5.74, 6) is 1.32. The summed E-state index contributed by atoms with van der Waals surface area (Å²) in [5, 5.41) is 6.48. The summed E-state index contributed by atoms with van der Waals surface area (Å²) in [6, 6.07) is 12.3. The summed E-state index contributed by atoms with van der Waals surface area (Å²) < 4.78 is 10.4. The number of benzene rings is 2. The minimum atomic E-state index is -0.389. The molecule has 0 saturated heterocycles. The third-order valence-corrected chi connectivity index (χ3v) is 4.40. The highest BCUT2D eigenvalue weighted by Crippen LogP contribution is 2.31. The minimum absolute atomic E-state index is 0.209. The molecule has 0 aliphatic rings. The van der Waals surface area contributed by atoms with E-state index in [2.05, 4.69) is 20.6 Å². The number of carbonyl (C=O) groups excluding carboxylic acids is 1. The van der Waals surface area contributed by atoms with Crippen LogP contribution in [0, 0.1) is 6.92 Å². The maximum absolute atomic E-state index is 12.6. The molecule has 0 fully saturated rings. The van der Waals surface area contributed by atoms with Crippen LogP contribution in [0.3, 0.4) is 0 Å². The third-order valence-electron chi connectivity index (χ3n) is 3.99. The Morgan fingerprint density at radius 2 is 1.79 bits per heavy atom. The number of aromatic nitrogens is 2. The van der Waals surface area contributed by atoms with Gasteiger partial charge in [0.1, 0.15) is 29.3 Å². The zero-order valence-electron chi connectivity index (χ0n) is 15.6. The summed E-state index contributed by atoms with van der Waals surface area (Å²) in [4.78, 5) is 20.8. The van der Waals surface area contributed by atoms with Gasteiger partial charge in [-0.25, -0.2) is 9.97 Å². The zero-order chi connectivity index (χ0) is 20.1. The standard InChI is InChI=1S/C20H19ClN4O3/c1-12-8-16(18(28-3)9-15(12)21)25-20(26)17-10-19(23-11-22-17)24-13-4-6-14(27-2)7-5-13/h4-11H,1-3H3,(H,25,26)(H,22,23,24). The number of halogens is 1. The first-order valence-electron chi connectivity index (χ1n) is 8.38. The van der Waals surface area contributed by atoms with Gasteiger partial charge >= 0.3 is 0 Å². The van der Waals surface area contributed by atoms with Crippen LogP contribution in [0.15, 0.2) is 48.8 Å². The predicted molar refractivity (Wildman–Crippen MR) is 109 cm³/mol. The van der Waals surface area contributed by atoms with E-state index in [0.717, 1.165) is 17.0 Å². The van der Waals surface area contributed by atoms with E-state index in [4.69, 9.17) is 21.1 Å². The van der Waals surface area contributed by atoms with Crippen molar-refractivity contribution in [3.05, 3.63) is 65.1 Å². The molecule has 3 rings (SSSR count). The molecule has 0 atom stereocenters. The van der Waals surface area contributed by atoms with Crippen molar-refractivity contribution >= 4 is 34.7 Å². The van der Waals surface area contributed by atoms with E-state index >= 15 is 0 Å². The van der Waals surface area contributed by atoms with E-state index in [-0.39, 0.29) is 11.6 Å². The van der Waals surface area contributed by atoms with Gasteiger partial charge in [-0.15, -0.1) is 0 Å². The van der Waals surface area contributed by atoms with Gasteiger partial charge in [-0.1, -0.05) is 11.6 Å². The lowest BCUT2D eigenvalue weighted by Gasteiger charge is -2.12. The van der Waals surface area contributed by atoms with Crippen LogP contribution in [0.25, 0.3) is 0 Å². The number of carbonyl (C=O) groups is 1. The Labute approximate surface area is 167 Å². The summed E-state index contributed by atoms with van der Waals surface area (Å²) in [5.41, 5.74) is 2.35. The van der Waals surface area contributed by atoms with Crippen molar-refractivity contribution in [3.8, 4) is 11.5 Å². The van der Waals surface area contributed by atoms with Crippen molar-refractivity contribution in [2.45, 2.75) is 6.92 Å². The summed E-state index contributed by atoms with van der Waals surface area (Å²) >= 11 is 6.11. The topological polar surface area (TPSA) is 85.4 Å². The highest BCUT2D eigenvalue weighted by Gasteiger charge is 2.14. The molecule has 0 aliphatic carbocycles.